The van der Waals surface area contributed by atoms with Gasteiger partial charge in [-0.3, -0.25) is 4.79 Å². The molecule has 0 amide bonds. The van der Waals surface area contributed by atoms with Gasteiger partial charge in [0.1, 0.15) is 12.4 Å². The lowest BCUT2D eigenvalue weighted by molar-refractivity contribution is -0.147. The molecule has 0 aromatic rings. The molecule has 0 aliphatic heterocycles. The van der Waals surface area contributed by atoms with Gasteiger partial charge in [0.05, 0.1) is 19.3 Å². The molecule has 17 heavy (non-hydrogen) atoms. The smallest absolute Gasteiger partial charge is 0.320 e. The van der Waals surface area contributed by atoms with Gasteiger partial charge < -0.3 is 9.57 Å². The summed E-state index contributed by atoms with van der Waals surface area (Å²) in [5.41, 5.74) is 2.17. The number of esters is 1. The molecule has 0 aromatic heterocycles. The molecule has 1 N–H and O–H groups in total. The fraction of sp³-hybridized carbons (Fsp3) is 0.636. The van der Waals surface area contributed by atoms with E-state index in [1.807, 2.05) is 13.8 Å². The van der Waals surface area contributed by atoms with Crippen LogP contribution in [0.5, 0.6) is 0 Å². The summed E-state index contributed by atoms with van der Waals surface area (Å²) < 4.78 is 4.89. The van der Waals surface area contributed by atoms with Crippen molar-refractivity contribution >= 4 is 11.9 Å². The largest absolute Gasteiger partial charge is 0.464 e. The van der Waals surface area contributed by atoms with Crippen molar-refractivity contribution in [2.24, 2.45) is 5.41 Å². The van der Waals surface area contributed by atoms with Crippen LogP contribution in [0.4, 0.5) is 0 Å². The van der Waals surface area contributed by atoms with Crippen LogP contribution in [0.1, 0.15) is 20.3 Å². The first-order chi connectivity index (χ1) is 8.02. The summed E-state index contributed by atoms with van der Waals surface area (Å²) in [7, 11) is 0. The molecule has 0 atom stereocenters. The topological polar surface area (TPSA) is 88.4 Å². The monoisotopic (exact) mass is 240 g/mol. The van der Waals surface area contributed by atoms with E-state index >= 15 is 0 Å². The first-order valence-corrected chi connectivity index (χ1v) is 5.08. The lowest BCUT2D eigenvalue weighted by Crippen LogP contribution is -2.30. The fourth-order valence-electron chi connectivity index (χ4n) is 0.822. The van der Waals surface area contributed by atoms with Crippen LogP contribution in [-0.4, -0.2) is 31.7 Å². The standard InChI is InChI=1S/C11H16N2O4/c1-11(2,8-16-10(15)4-5-12)9-17-13-6-3-7-14/h3,13H,4,6,8-9H2,1-2H3. The van der Waals surface area contributed by atoms with E-state index in [9.17, 15) is 9.59 Å². The van der Waals surface area contributed by atoms with Crippen LogP contribution >= 0.6 is 0 Å². The Balaban J connectivity index is 3.76. The number of hydrogen-bond donors (Lipinski definition) is 1. The van der Waals surface area contributed by atoms with Gasteiger partial charge in [-0.1, -0.05) is 13.8 Å². The quantitative estimate of drug-likeness (QED) is 0.285. The molecule has 6 nitrogen and oxygen atoms in total. The molecule has 0 saturated carbocycles. The van der Waals surface area contributed by atoms with E-state index in [4.69, 9.17) is 14.8 Å². The SMILES string of the molecule is CC(C)(CONCC=C=O)COC(=O)CC#N. The summed E-state index contributed by atoms with van der Waals surface area (Å²) in [6.07, 6.45) is 0.999. The minimum atomic E-state index is -0.544. The summed E-state index contributed by atoms with van der Waals surface area (Å²) in [5, 5.41) is 8.27. The number of nitrogens with zero attached hydrogens (tertiary/aromatic N) is 1. The maximum Gasteiger partial charge on any atom is 0.320 e. The van der Waals surface area contributed by atoms with Gasteiger partial charge in [0.15, 0.2) is 0 Å². The summed E-state index contributed by atoms with van der Waals surface area (Å²) in [5.74, 6) is 1.06. The molecule has 0 radical (unpaired) electrons. The maximum atomic E-state index is 11.0. The molecule has 0 unspecified atom stereocenters. The fourth-order valence-corrected chi connectivity index (χ4v) is 0.822. The molecule has 0 fully saturated rings. The normalized spacial score (nSPS) is 10.2. The van der Waals surface area contributed by atoms with Crippen LogP contribution in [-0.2, 0) is 19.2 Å². The van der Waals surface area contributed by atoms with E-state index in [1.165, 1.54) is 6.08 Å². The number of nitriles is 1. The molecule has 0 rings (SSSR count). The summed E-state index contributed by atoms with van der Waals surface area (Å²) in [6.45, 7) is 4.44. The zero-order chi connectivity index (χ0) is 13.1. The van der Waals surface area contributed by atoms with E-state index in [2.05, 4.69) is 5.48 Å². The van der Waals surface area contributed by atoms with E-state index in [-0.39, 0.29) is 25.0 Å². The second-order valence-corrected chi connectivity index (χ2v) is 4.12. The van der Waals surface area contributed by atoms with Gasteiger partial charge in [0.25, 0.3) is 0 Å². The Morgan fingerprint density at radius 2 is 2.18 bits per heavy atom. The van der Waals surface area contributed by atoms with E-state index in [1.54, 1.807) is 12.0 Å². The van der Waals surface area contributed by atoms with Crippen molar-refractivity contribution < 1.29 is 19.2 Å². The number of hydrogen-bond acceptors (Lipinski definition) is 6. The molecule has 0 aliphatic carbocycles. The van der Waals surface area contributed by atoms with Crippen molar-refractivity contribution in [1.29, 1.82) is 5.26 Å². The van der Waals surface area contributed by atoms with E-state index < -0.39 is 5.97 Å². The highest BCUT2D eigenvalue weighted by molar-refractivity contribution is 5.71. The van der Waals surface area contributed by atoms with E-state index in [0.717, 1.165) is 0 Å². The zero-order valence-corrected chi connectivity index (χ0v) is 9.99. The molecule has 94 valence electrons. The lowest BCUT2D eigenvalue weighted by Gasteiger charge is -2.23. The second kappa shape index (κ2) is 8.48. The van der Waals surface area contributed by atoms with Crippen molar-refractivity contribution in [3.63, 3.8) is 0 Å². The Morgan fingerprint density at radius 1 is 1.47 bits per heavy atom. The number of rotatable bonds is 8. The Bertz CT molecular complexity index is 327. The van der Waals surface area contributed by atoms with Gasteiger partial charge in [-0.05, 0) is 0 Å². The zero-order valence-electron chi connectivity index (χ0n) is 9.99. The summed E-state index contributed by atoms with van der Waals surface area (Å²) >= 11 is 0. The highest BCUT2D eigenvalue weighted by atomic mass is 16.6. The predicted octanol–water partition coefficient (Wildman–Crippen LogP) is 0.378. The second-order valence-electron chi connectivity index (χ2n) is 4.12. The van der Waals surface area contributed by atoms with Crippen molar-refractivity contribution in [3.05, 3.63) is 6.08 Å². The number of hydroxylamine groups is 1. The maximum absolute atomic E-state index is 11.0. The number of nitrogens with one attached hydrogen (secondary N) is 1. The molecule has 0 bridgehead atoms. The van der Waals surface area contributed by atoms with Crippen molar-refractivity contribution in [2.75, 3.05) is 19.8 Å². The van der Waals surface area contributed by atoms with Crippen LogP contribution in [0.15, 0.2) is 6.08 Å². The Hall–Kier alpha value is -1.67. The van der Waals surface area contributed by atoms with Crippen LogP contribution in [0.25, 0.3) is 0 Å². The number of carbonyl (C=O) groups excluding carboxylic acids is 2. The average Bonchev–Trinajstić information content (AvgIpc) is 2.27. The third-order valence-corrected chi connectivity index (χ3v) is 1.68. The number of carbonyl (C=O) groups is 1. The predicted molar refractivity (Wildman–Crippen MR) is 59.2 cm³/mol. The molecule has 0 aliphatic rings. The molecule has 0 spiro atoms. The lowest BCUT2D eigenvalue weighted by atomic mass is 9.96. The van der Waals surface area contributed by atoms with Gasteiger partial charge in [-0.15, -0.1) is 0 Å². The van der Waals surface area contributed by atoms with Gasteiger partial charge >= 0.3 is 5.97 Å². The molecule has 0 aromatic carbocycles. The minimum Gasteiger partial charge on any atom is -0.464 e. The van der Waals surface area contributed by atoms with Crippen molar-refractivity contribution in [1.82, 2.24) is 5.48 Å². The number of ether oxygens (including phenoxy) is 1. The van der Waals surface area contributed by atoms with Crippen LogP contribution in [0.3, 0.4) is 0 Å². The van der Waals surface area contributed by atoms with Crippen LogP contribution in [0, 0.1) is 16.7 Å². The molecular formula is C11H16N2O4. The third-order valence-electron chi connectivity index (χ3n) is 1.68. The molecule has 6 heteroatoms. The molecule has 0 saturated heterocycles. The van der Waals surface area contributed by atoms with Crippen molar-refractivity contribution in [2.45, 2.75) is 20.3 Å². The summed E-state index contributed by atoms with van der Waals surface area (Å²) in [4.78, 5) is 25.9. The third kappa shape index (κ3) is 9.27. The van der Waals surface area contributed by atoms with Crippen molar-refractivity contribution in [3.8, 4) is 6.07 Å². The Kier molecular flexibility index (Phi) is 7.65. The Labute approximate surface area is 100 Å². The first kappa shape index (κ1) is 15.3. The molecule has 0 heterocycles. The van der Waals surface area contributed by atoms with Gasteiger partial charge in [0, 0.05) is 18.0 Å². The highest BCUT2D eigenvalue weighted by Gasteiger charge is 2.20. The summed E-state index contributed by atoms with van der Waals surface area (Å²) in [6, 6.07) is 1.71. The first-order valence-electron chi connectivity index (χ1n) is 5.08. The van der Waals surface area contributed by atoms with Crippen LogP contribution in [0.2, 0.25) is 0 Å². The Morgan fingerprint density at radius 3 is 2.76 bits per heavy atom. The highest BCUT2D eigenvalue weighted by Crippen LogP contribution is 2.15. The van der Waals surface area contributed by atoms with Gasteiger partial charge in [0.2, 0.25) is 0 Å². The van der Waals surface area contributed by atoms with E-state index in [0.29, 0.717) is 6.61 Å². The minimum absolute atomic E-state index is 0.165. The van der Waals surface area contributed by atoms with Gasteiger partial charge in [-0.25, -0.2) is 4.79 Å². The average molecular weight is 240 g/mol. The van der Waals surface area contributed by atoms with Gasteiger partial charge in [-0.2, -0.15) is 10.7 Å². The molecular weight excluding hydrogens is 224 g/mol. The van der Waals surface area contributed by atoms with Crippen LogP contribution < -0.4 is 5.48 Å².